The minimum atomic E-state index is -0.186. The summed E-state index contributed by atoms with van der Waals surface area (Å²) in [4.78, 5) is 17.0. The van der Waals surface area contributed by atoms with E-state index >= 15 is 0 Å². The largest absolute Gasteiger partial charge is 0.344 e. The average molecular weight is 293 g/mol. The van der Waals surface area contributed by atoms with Gasteiger partial charge in [0.15, 0.2) is 0 Å². The Labute approximate surface area is 124 Å². The van der Waals surface area contributed by atoms with Crippen LogP contribution in [0.5, 0.6) is 0 Å². The van der Waals surface area contributed by atoms with Gasteiger partial charge < -0.3 is 10.6 Å². The van der Waals surface area contributed by atoms with E-state index < -0.39 is 0 Å². The molecule has 1 aliphatic carbocycles. The molecule has 4 nitrogen and oxygen atoms in total. The lowest BCUT2D eigenvalue weighted by Crippen LogP contribution is -2.45. The van der Waals surface area contributed by atoms with E-state index in [1.165, 1.54) is 19.3 Å². The minimum absolute atomic E-state index is 0.180. The van der Waals surface area contributed by atoms with Crippen molar-refractivity contribution in [3.05, 3.63) is 16.1 Å². The number of amides is 1. The van der Waals surface area contributed by atoms with Crippen LogP contribution in [0.4, 0.5) is 0 Å². The maximum absolute atomic E-state index is 12.4. The zero-order valence-corrected chi connectivity index (χ0v) is 12.9. The van der Waals surface area contributed by atoms with Crippen molar-refractivity contribution in [2.24, 2.45) is 0 Å². The van der Waals surface area contributed by atoms with Crippen LogP contribution in [-0.4, -0.2) is 23.5 Å². The van der Waals surface area contributed by atoms with Gasteiger partial charge in [-0.3, -0.25) is 4.79 Å². The normalized spacial score (nSPS) is 24.9. The number of aromatic nitrogens is 1. The number of carbonyl (C=O) groups is 1. The van der Waals surface area contributed by atoms with Crippen LogP contribution in [0, 0.1) is 6.92 Å². The molecule has 3 rings (SSSR count). The van der Waals surface area contributed by atoms with Gasteiger partial charge >= 0.3 is 0 Å². The maximum atomic E-state index is 12.4. The van der Waals surface area contributed by atoms with Crippen molar-refractivity contribution in [3.63, 3.8) is 0 Å². The second kappa shape index (κ2) is 5.82. The zero-order valence-electron chi connectivity index (χ0n) is 12.1. The Hall–Kier alpha value is -0.940. The number of thiazole rings is 1. The summed E-state index contributed by atoms with van der Waals surface area (Å²) in [5, 5.41) is 9.89. The first-order chi connectivity index (χ1) is 9.68. The molecule has 0 aromatic carbocycles. The van der Waals surface area contributed by atoms with Crippen LogP contribution < -0.4 is 10.6 Å². The summed E-state index contributed by atoms with van der Waals surface area (Å²) in [5.41, 5.74) is 0.872. The predicted molar refractivity (Wildman–Crippen MR) is 80.8 cm³/mol. The summed E-state index contributed by atoms with van der Waals surface area (Å²) in [6.07, 6.45) is 7.34. The molecule has 0 bridgehead atoms. The van der Waals surface area contributed by atoms with Gasteiger partial charge in [-0.25, -0.2) is 4.98 Å². The number of carbonyl (C=O) groups excluding carboxylic acids is 1. The van der Waals surface area contributed by atoms with Gasteiger partial charge in [-0.05, 0) is 39.2 Å². The van der Waals surface area contributed by atoms with Crippen LogP contribution >= 0.6 is 11.3 Å². The predicted octanol–water partition coefficient (Wildman–Crippen LogP) is 2.48. The molecule has 0 spiro atoms. The van der Waals surface area contributed by atoms with Gasteiger partial charge in [-0.2, -0.15) is 0 Å². The summed E-state index contributed by atoms with van der Waals surface area (Å²) in [5.74, 6) is 0.180. The summed E-state index contributed by atoms with van der Waals surface area (Å²) < 4.78 is 0. The molecule has 1 amide bonds. The maximum Gasteiger partial charge on any atom is 0.222 e. The van der Waals surface area contributed by atoms with E-state index in [9.17, 15) is 4.79 Å². The molecule has 1 saturated heterocycles. The lowest BCUT2D eigenvalue weighted by Gasteiger charge is -2.28. The number of nitrogens with zero attached hydrogens (tertiary/aromatic N) is 1. The van der Waals surface area contributed by atoms with Crippen molar-refractivity contribution in [1.29, 1.82) is 0 Å². The Morgan fingerprint density at radius 3 is 2.90 bits per heavy atom. The highest BCUT2D eigenvalue weighted by Crippen LogP contribution is 2.40. The van der Waals surface area contributed by atoms with Crippen molar-refractivity contribution >= 4 is 17.2 Å². The van der Waals surface area contributed by atoms with Gasteiger partial charge in [0.25, 0.3) is 0 Å². The van der Waals surface area contributed by atoms with Crippen molar-refractivity contribution in [2.45, 2.75) is 63.5 Å². The zero-order chi connectivity index (χ0) is 14.0. The Morgan fingerprint density at radius 1 is 1.50 bits per heavy atom. The topological polar surface area (TPSA) is 54.0 Å². The molecule has 2 N–H and O–H groups in total. The molecule has 2 aliphatic rings. The van der Waals surface area contributed by atoms with Crippen molar-refractivity contribution in [3.8, 4) is 0 Å². The van der Waals surface area contributed by atoms with Gasteiger partial charge in [0.05, 0.1) is 5.54 Å². The molecule has 5 heteroatoms. The van der Waals surface area contributed by atoms with Gasteiger partial charge in [0, 0.05) is 23.5 Å². The highest BCUT2D eigenvalue weighted by molar-refractivity contribution is 7.09. The molecule has 1 atom stereocenters. The fraction of sp³-hybridized carbons (Fsp3) is 0.733. The van der Waals surface area contributed by atoms with Crippen molar-refractivity contribution in [1.82, 2.24) is 15.6 Å². The van der Waals surface area contributed by atoms with Crippen LogP contribution in [0.3, 0.4) is 0 Å². The minimum Gasteiger partial charge on any atom is -0.344 e. The van der Waals surface area contributed by atoms with Gasteiger partial charge in [0.1, 0.15) is 5.01 Å². The van der Waals surface area contributed by atoms with Crippen LogP contribution in [-0.2, 0) is 10.3 Å². The Kier molecular flexibility index (Phi) is 4.08. The van der Waals surface area contributed by atoms with Gasteiger partial charge in [-0.1, -0.05) is 12.8 Å². The van der Waals surface area contributed by atoms with E-state index in [0.717, 1.165) is 36.5 Å². The summed E-state index contributed by atoms with van der Waals surface area (Å²) in [6.45, 7) is 3.07. The number of hydrogen-bond donors (Lipinski definition) is 2. The van der Waals surface area contributed by atoms with Crippen LogP contribution in [0.25, 0.3) is 0 Å². The quantitative estimate of drug-likeness (QED) is 0.896. The molecule has 1 aliphatic heterocycles. The summed E-state index contributed by atoms with van der Waals surface area (Å²) in [7, 11) is 0. The third-order valence-electron chi connectivity index (χ3n) is 4.46. The highest BCUT2D eigenvalue weighted by atomic mass is 32.1. The molecule has 2 fully saturated rings. The lowest BCUT2D eigenvalue weighted by molar-refractivity contribution is -0.123. The molecule has 110 valence electrons. The van der Waals surface area contributed by atoms with E-state index in [1.54, 1.807) is 11.3 Å². The average Bonchev–Trinajstić information content (AvgIpc) is 3.11. The first-order valence-electron chi connectivity index (χ1n) is 7.65. The van der Waals surface area contributed by atoms with Crippen LogP contribution in [0.1, 0.15) is 55.6 Å². The Bertz CT molecular complexity index is 473. The number of aryl methyl sites for hydroxylation is 1. The number of rotatable bonds is 4. The standard InChI is InChI=1S/C15H23N3OS/c1-11-10-20-14(17-11)15(6-2-3-7-15)18-13(19)9-12-5-4-8-16-12/h10,12,16H,2-9H2,1H3,(H,18,19). The van der Waals surface area contributed by atoms with E-state index in [1.807, 2.05) is 6.92 Å². The van der Waals surface area contributed by atoms with Gasteiger partial charge in [-0.15, -0.1) is 11.3 Å². The molecular weight excluding hydrogens is 270 g/mol. The fourth-order valence-electron chi connectivity index (χ4n) is 3.42. The van der Waals surface area contributed by atoms with E-state index in [2.05, 4.69) is 21.0 Å². The lowest BCUT2D eigenvalue weighted by atomic mass is 9.97. The number of hydrogen-bond acceptors (Lipinski definition) is 4. The molecule has 1 unspecified atom stereocenters. The third kappa shape index (κ3) is 2.88. The molecule has 0 radical (unpaired) electrons. The smallest absolute Gasteiger partial charge is 0.222 e. The highest BCUT2D eigenvalue weighted by Gasteiger charge is 2.39. The molecule has 1 saturated carbocycles. The monoisotopic (exact) mass is 293 g/mol. The van der Waals surface area contributed by atoms with Crippen LogP contribution in [0.2, 0.25) is 0 Å². The third-order valence-corrected chi connectivity index (χ3v) is 5.62. The second-order valence-electron chi connectivity index (χ2n) is 6.13. The second-order valence-corrected chi connectivity index (χ2v) is 6.99. The molecular formula is C15H23N3OS. The van der Waals surface area contributed by atoms with Crippen molar-refractivity contribution < 1.29 is 4.79 Å². The Balaban J connectivity index is 1.69. The Morgan fingerprint density at radius 2 is 2.30 bits per heavy atom. The SMILES string of the molecule is Cc1csc(C2(NC(=O)CC3CCCN3)CCCC2)n1. The van der Waals surface area contributed by atoms with E-state index in [4.69, 9.17) is 0 Å². The van der Waals surface area contributed by atoms with Crippen molar-refractivity contribution in [2.75, 3.05) is 6.54 Å². The fourth-order valence-corrected chi connectivity index (χ4v) is 4.43. The first kappa shape index (κ1) is 14.0. The van der Waals surface area contributed by atoms with Crippen LogP contribution in [0.15, 0.2) is 5.38 Å². The van der Waals surface area contributed by atoms with Gasteiger partial charge in [0.2, 0.25) is 5.91 Å². The summed E-state index contributed by atoms with van der Waals surface area (Å²) >= 11 is 1.69. The molecule has 2 heterocycles. The first-order valence-corrected chi connectivity index (χ1v) is 8.53. The molecule has 1 aromatic heterocycles. The van der Waals surface area contributed by atoms with E-state index in [-0.39, 0.29) is 11.4 Å². The molecule has 20 heavy (non-hydrogen) atoms. The number of nitrogens with one attached hydrogen (secondary N) is 2. The summed E-state index contributed by atoms with van der Waals surface area (Å²) in [6, 6.07) is 0.367. The van der Waals surface area contributed by atoms with E-state index in [0.29, 0.717) is 12.5 Å². The molecule has 1 aromatic rings.